The Morgan fingerprint density at radius 2 is 2.42 bits per heavy atom. The number of nitrogens with one attached hydrogen (secondary N) is 2. The highest BCUT2D eigenvalue weighted by Crippen LogP contribution is 2.13. The van der Waals surface area contributed by atoms with Gasteiger partial charge >= 0.3 is 0 Å². The molecule has 106 valence electrons. The molecule has 1 aliphatic heterocycles. The van der Waals surface area contributed by atoms with Crippen LogP contribution in [0.1, 0.15) is 17.7 Å². The fourth-order valence-corrected chi connectivity index (χ4v) is 3.13. The van der Waals surface area contributed by atoms with Gasteiger partial charge in [0.2, 0.25) is 0 Å². The van der Waals surface area contributed by atoms with Gasteiger partial charge in [-0.05, 0) is 43.8 Å². The average Bonchev–Trinajstić information content (AvgIpc) is 2.92. The van der Waals surface area contributed by atoms with E-state index in [0.717, 1.165) is 25.0 Å². The first-order chi connectivity index (χ1) is 9.28. The van der Waals surface area contributed by atoms with Gasteiger partial charge in [0.25, 0.3) is 0 Å². The first-order valence-corrected chi connectivity index (χ1v) is 7.81. The number of hydrogen-bond donors (Lipinski definition) is 2. The topological polar surface area (TPSA) is 39.7 Å². The molecular weight excluding hydrogens is 256 g/mol. The van der Waals surface area contributed by atoms with Crippen molar-refractivity contribution in [3.8, 4) is 0 Å². The molecule has 1 aliphatic rings. The number of hydrogen-bond acceptors (Lipinski definition) is 3. The Morgan fingerprint density at radius 3 is 3.11 bits per heavy atom. The van der Waals surface area contributed by atoms with Crippen molar-refractivity contribution in [3.63, 3.8) is 0 Å². The van der Waals surface area contributed by atoms with Gasteiger partial charge in [0.15, 0.2) is 5.96 Å². The quantitative estimate of drug-likeness (QED) is 0.652. The van der Waals surface area contributed by atoms with E-state index >= 15 is 0 Å². The smallest absolute Gasteiger partial charge is 0.191 e. The molecule has 1 fully saturated rings. The molecule has 2 heterocycles. The molecule has 4 nitrogen and oxygen atoms in total. The van der Waals surface area contributed by atoms with E-state index in [1.54, 1.807) is 11.3 Å². The lowest BCUT2D eigenvalue weighted by atomic mass is 9.99. The van der Waals surface area contributed by atoms with Crippen LogP contribution < -0.4 is 10.6 Å². The van der Waals surface area contributed by atoms with Crippen LogP contribution in [0.15, 0.2) is 22.5 Å². The zero-order chi connectivity index (χ0) is 13.5. The maximum atomic E-state index is 4.28. The third kappa shape index (κ3) is 4.84. The Bertz CT molecular complexity index is 388. The molecule has 0 radical (unpaired) electrons. The minimum Gasteiger partial charge on any atom is -0.356 e. The molecule has 1 saturated heterocycles. The van der Waals surface area contributed by atoms with Crippen molar-refractivity contribution >= 4 is 17.3 Å². The Kier molecular flexibility index (Phi) is 5.66. The van der Waals surface area contributed by atoms with Crippen LogP contribution in [0, 0.1) is 5.92 Å². The van der Waals surface area contributed by atoms with Crippen molar-refractivity contribution in [1.29, 1.82) is 0 Å². The summed E-state index contributed by atoms with van der Waals surface area (Å²) in [6.45, 7) is 4.28. The van der Waals surface area contributed by atoms with Crippen LogP contribution in [0.25, 0.3) is 0 Å². The molecule has 19 heavy (non-hydrogen) atoms. The standard InChI is InChI=1S/C14H24N4S/c1-15-14(17-10-13-6-4-8-19-13)16-9-12-5-3-7-18(2)11-12/h4,6,8,12H,3,5,7,9-11H2,1-2H3,(H2,15,16,17). The second kappa shape index (κ2) is 7.50. The lowest BCUT2D eigenvalue weighted by Crippen LogP contribution is -2.43. The van der Waals surface area contributed by atoms with Crippen molar-refractivity contribution in [2.45, 2.75) is 19.4 Å². The zero-order valence-electron chi connectivity index (χ0n) is 11.9. The number of guanidine groups is 1. The molecule has 0 amide bonds. The Labute approximate surface area is 119 Å². The predicted octanol–water partition coefficient (Wildman–Crippen LogP) is 1.75. The predicted molar refractivity (Wildman–Crippen MR) is 82.7 cm³/mol. The molecule has 1 unspecified atom stereocenters. The molecule has 2 N–H and O–H groups in total. The zero-order valence-corrected chi connectivity index (χ0v) is 12.7. The second-order valence-electron chi connectivity index (χ2n) is 5.16. The van der Waals surface area contributed by atoms with Crippen LogP contribution in [0.4, 0.5) is 0 Å². The van der Waals surface area contributed by atoms with E-state index in [9.17, 15) is 0 Å². The second-order valence-corrected chi connectivity index (χ2v) is 6.19. The molecule has 0 aromatic carbocycles. The highest BCUT2D eigenvalue weighted by atomic mass is 32.1. The van der Waals surface area contributed by atoms with Crippen molar-refractivity contribution in [3.05, 3.63) is 22.4 Å². The van der Waals surface area contributed by atoms with Crippen LogP contribution in [0.3, 0.4) is 0 Å². The number of piperidine rings is 1. The number of likely N-dealkylation sites (tertiary alicyclic amines) is 1. The summed E-state index contributed by atoms with van der Waals surface area (Å²) in [4.78, 5) is 8.02. The Hall–Kier alpha value is -1.07. The van der Waals surface area contributed by atoms with Gasteiger partial charge in [-0.15, -0.1) is 11.3 Å². The van der Waals surface area contributed by atoms with E-state index in [1.165, 1.54) is 30.8 Å². The molecule has 1 atom stereocenters. The molecule has 0 bridgehead atoms. The van der Waals surface area contributed by atoms with Crippen LogP contribution in [0.2, 0.25) is 0 Å². The van der Waals surface area contributed by atoms with E-state index in [0.29, 0.717) is 0 Å². The summed E-state index contributed by atoms with van der Waals surface area (Å²) < 4.78 is 0. The van der Waals surface area contributed by atoms with Crippen molar-refractivity contribution in [1.82, 2.24) is 15.5 Å². The van der Waals surface area contributed by atoms with Crippen LogP contribution in [-0.4, -0.2) is 44.6 Å². The fourth-order valence-electron chi connectivity index (χ4n) is 2.49. The Balaban J connectivity index is 1.70. The lowest BCUT2D eigenvalue weighted by molar-refractivity contribution is 0.210. The van der Waals surface area contributed by atoms with E-state index in [2.05, 4.69) is 45.1 Å². The number of thiophene rings is 1. The summed E-state index contributed by atoms with van der Waals surface area (Å²) in [5, 5.41) is 8.90. The summed E-state index contributed by atoms with van der Waals surface area (Å²) in [6.07, 6.45) is 2.63. The summed E-state index contributed by atoms with van der Waals surface area (Å²) in [7, 11) is 4.03. The van der Waals surface area contributed by atoms with Crippen LogP contribution in [-0.2, 0) is 6.54 Å². The van der Waals surface area contributed by atoms with E-state index in [4.69, 9.17) is 0 Å². The van der Waals surface area contributed by atoms with Gasteiger partial charge in [-0.3, -0.25) is 4.99 Å². The van der Waals surface area contributed by atoms with Gasteiger partial charge in [-0.25, -0.2) is 0 Å². The minimum atomic E-state index is 0.735. The van der Waals surface area contributed by atoms with E-state index in [-0.39, 0.29) is 0 Å². The lowest BCUT2D eigenvalue weighted by Gasteiger charge is -2.30. The van der Waals surface area contributed by atoms with Crippen molar-refractivity contribution < 1.29 is 0 Å². The largest absolute Gasteiger partial charge is 0.356 e. The number of aliphatic imine (C=N–C) groups is 1. The van der Waals surface area contributed by atoms with Gasteiger partial charge in [0.05, 0.1) is 6.54 Å². The summed E-state index contributed by atoms with van der Waals surface area (Å²) in [6, 6.07) is 4.22. The normalized spacial score (nSPS) is 21.4. The SMILES string of the molecule is CN=C(NCc1cccs1)NCC1CCCN(C)C1. The monoisotopic (exact) mass is 280 g/mol. The average molecular weight is 280 g/mol. The van der Waals surface area contributed by atoms with Crippen molar-refractivity contribution in [2.24, 2.45) is 10.9 Å². The molecule has 5 heteroatoms. The fraction of sp³-hybridized carbons (Fsp3) is 0.643. The van der Waals surface area contributed by atoms with Gasteiger partial charge in [0.1, 0.15) is 0 Å². The maximum Gasteiger partial charge on any atom is 0.191 e. The first-order valence-electron chi connectivity index (χ1n) is 6.93. The van der Waals surface area contributed by atoms with E-state index < -0.39 is 0 Å². The minimum absolute atomic E-state index is 0.735. The summed E-state index contributed by atoms with van der Waals surface area (Å²) >= 11 is 1.77. The molecule has 0 saturated carbocycles. The van der Waals surface area contributed by atoms with Gasteiger partial charge in [0, 0.05) is 25.0 Å². The molecule has 2 rings (SSSR count). The third-order valence-electron chi connectivity index (χ3n) is 3.51. The summed E-state index contributed by atoms with van der Waals surface area (Å²) in [5.74, 6) is 1.64. The molecule has 1 aromatic rings. The van der Waals surface area contributed by atoms with Gasteiger partial charge < -0.3 is 15.5 Å². The highest BCUT2D eigenvalue weighted by Gasteiger charge is 2.17. The first kappa shape index (κ1) is 14.3. The molecular formula is C14H24N4S. The van der Waals surface area contributed by atoms with Crippen molar-refractivity contribution in [2.75, 3.05) is 33.7 Å². The van der Waals surface area contributed by atoms with Crippen LogP contribution in [0.5, 0.6) is 0 Å². The molecule has 0 spiro atoms. The van der Waals surface area contributed by atoms with Gasteiger partial charge in [-0.2, -0.15) is 0 Å². The summed E-state index contributed by atoms with van der Waals surface area (Å²) in [5.41, 5.74) is 0. The molecule has 1 aromatic heterocycles. The van der Waals surface area contributed by atoms with Crippen LogP contribution >= 0.6 is 11.3 Å². The Morgan fingerprint density at radius 1 is 1.53 bits per heavy atom. The maximum absolute atomic E-state index is 4.28. The third-order valence-corrected chi connectivity index (χ3v) is 4.39. The number of nitrogens with zero attached hydrogens (tertiary/aromatic N) is 2. The molecule has 0 aliphatic carbocycles. The highest BCUT2D eigenvalue weighted by molar-refractivity contribution is 7.09. The van der Waals surface area contributed by atoms with E-state index in [1.807, 2.05) is 7.05 Å². The van der Waals surface area contributed by atoms with Gasteiger partial charge in [-0.1, -0.05) is 6.07 Å². The number of rotatable bonds is 4.